The lowest BCUT2D eigenvalue weighted by Crippen LogP contribution is -1.90. The second-order valence-electron chi connectivity index (χ2n) is 3.47. The van der Waals surface area contributed by atoms with E-state index in [9.17, 15) is 0 Å². The summed E-state index contributed by atoms with van der Waals surface area (Å²) >= 11 is 5.78. The molecule has 1 aromatic carbocycles. The summed E-state index contributed by atoms with van der Waals surface area (Å²) in [5, 5.41) is 12.0. The van der Waals surface area contributed by atoms with Crippen molar-refractivity contribution in [3.63, 3.8) is 0 Å². The molecular formula is C16H12Cl2N2. The summed E-state index contributed by atoms with van der Waals surface area (Å²) in [6.45, 7) is 2.74. The molecule has 0 fully saturated rings. The van der Waals surface area contributed by atoms with E-state index in [2.05, 4.69) is 46.9 Å². The second-order valence-corrected chi connectivity index (χ2v) is 3.90. The van der Waals surface area contributed by atoms with Crippen molar-refractivity contribution in [1.82, 2.24) is 0 Å². The topological polar surface area (TPSA) is 35.8 Å². The van der Waals surface area contributed by atoms with Crippen LogP contribution < -0.4 is 5.32 Å². The first kappa shape index (κ1) is 17.8. The third-order valence-corrected chi connectivity index (χ3v) is 2.45. The number of nitrogens with zero attached hydrogens (tertiary/aromatic N) is 1. The van der Waals surface area contributed by atoms with Crippen LogP contribution in [0.25, 0.3) is 0 Å². The van der Waals surface area contributed by atoms with E-state index >= 15 is 0 Å². The van der Waals surface area contributed by atoms with E-state index in [1.807, 2.05) is 12.1 Å². The molecule has 1 N–H and O–H groups in total. The molecule has 0 amide bonds. The van der Waals surface area contributed by atoms with Gasteiger partial charge in [0, 0.05) is 35.0 Å². The zero-order chi connectivity index (χ0) is 13.9. The van der Waals surface area contributed by atoms with Gasteiger partial charge in [0.25, 0.3) is 0 Å². The van der Waals surface area contributed by atoms with Crippen LogP contribution in [-0.4, -0.2) is 6.54 Å². The maximum absolute atomic E-state index is 7.90. The molecule has 0 spiro atoms. The SMILES string of the molecule is CC#CC#CC#CC#N.Cl.Clc1ccc2c(c1)NCC2. The first-order valence-corrected chi connectivity index (χ1v) is 5.99. The zero-order valence-electron chi connectivity index (χ0n) is 10.9. The molecule has 100 valence electrons. The Labute approximate surface area is 130 Å². The summed E-state index contributed by atoms with van der Waals surface area (Å²) in [5.41, 5.74) is 2.58. The minimum absolute atomic E-state index is 0. The lowest BCUT2D eigenvalue weighted by Gasteiger charge is -1.97. The summed E-state index contributed by atoms with van der Waals surface area (Å²) in [4.78, 5) is 0. The molecule has 0 unspecified atom stereocenters. The van der Waals surface area contributed by atoms with Crippen molar-refractivity contribution in [2.75, 3.05) is 11.9 Å². The highest BCUT2D eigenvalue weighted by atomic mass is 35.5. The maximum Gasteiger partial charge on any atom is 0.153 e. The van der Waals surface area contributed by atoms with Gasteiger partial charge < -0.3 is 5.32 Å². The van der Waals surface area contributed by atoms with Crippen LogP contribution in [0.15, 0.2) is 18.2 Å². The van der Waals surface area contributed by atoms with Crippen molar-refractivity contribution in [2.24, 2.45) is 0 Å². The lowest BCUT2D eigenvalue weighted by atomic mass is 10.2. The van der Waals surface area contributed by atoms with Gasteiger partial charge in [-0.05, 0) is 42.9 Å². The summed E-state index contributed by atoms with van der Waals surface area (Å²) in [6.07, 6.45) is 1.13. The Hall–Kier alpha value is -2.23. The minimum atomic E-state index is 0. The van der Waals surface area contributed by atoms with Crippen LogP contribution in [0.3, 0.4) is 0 Å². The van der Waals surface area contributed by atoms with Gasteiger partial charge in [-0.2, -0.15) is 5.26 Å². The summed E-state index contributed by atoms with van der Waals surface area (Å²) in [7, 11) is 0. The molecule has 0 radical (unpaired) electrons. The Kier molecular flexibility index (Phi) is 9.48. The van der Waals surface area contributed by atoms with E-state index in [4.69, 9.17) is 16.9 Å². The molecule has 0 saturated carbocycles. The molecule has 20 heavy (non-hydrogen) atoms. The molecule has 2 nitrogen and oxygen atoms in total. The number of anilines is 1. The second kappa shape index (κ2) is 10.7. The van der Waals surface area contributed by atoms with E-state index in [0.29, 0.717) is 0 Å². The zero-order valence-corrected chi connectivity index (χ0v) is 12.5. The van der Waals surface area contributed by atoms with Crippen LogP contribution in [0.2, 0.25) is 5.02 Å². The van der Waals surface area contributed by atoms with Crippen LogP contribution >= 0.6 is 24.0 Å². The molecule has 0 aromatic heterocycles. The number of hydrogen-bond donors (Lipinski definition) is 1. The van der Waals surface area contributed by atoms with Gasteiger partial charge in [-0.3, -0.25) is 0 Å². The molecule has 0 saturated heterocycles. The predicted octanol–water partition coefficient (Wildman–Crippen LogP) is 3.27. The monoisotopic (exact) mass is 302 g/mol. The lowest BCUT2D eigenvalue weighted by molar-refractivity contribution is 1.11. The smallest absolute Gasteiger partial charge is 0.153 e. The minimum Gasteiger partial charge on any atom is -0.384 e. The van der Waals surface area contributed by atoms with Gasteiger partial charge in [-0.1, -0.05) is 23.6 Å². The fourth-order valence-corrected chi connectivity index (χ4v) is 1.62. The number of rotatable bonds is 0. The van der Waals surface area contributed by atoms with Crippen molar-refractivity contribution >= 4 is 29.7 Å². The molecule has 0 bridgehead atoms. The van der Waals surface area contributed by atoms with Gasteiger partial charge in [-0.15, -0.1) is 12.4 Å². The molecule has 0 atom stereocenters. The highest BCUT2D eigenvalue weighted by molar-refractivity contribution is 6.30. The van der Waals surface area contributed by atoms with Crippen LogP contribution in [0.5, 0.6) is 0 Å². The van der Waals surface area contributed by atoms with Crippen LogP contribution in [0.1, 0.15) is 12.5 Å². The van der Waals surface area contributed by atoms with Crippen LogP contribution in [0.4, 0.5) is 5.69 Å². The summed E-state index contributed by atoms with van der Waals surface area (Å²) < 4.78 is 0. The Morgan fingerprint density at radius 2 is 1.85 bits per heavy atom. The van der Waals surface area contributed by atoms with E-state index in [0.717, 1.165) is 18.0 Å². The quantitative estimate of drug-likeness (QED) is 0.747. The third kappa shape index (κ3) is 6.64. The van der Waals surface area contributed by atoms with Crippen molar-refractivity contribution in [3.8, 4) is 41.6 Å². The van der Waals surface area contributed by atoms with Gasteiger partial charge in [0.1, 0.15) is 0 Å². The largest absolute Gasteiger partial charge is 0.384 e. The Morgan fingerprint density at radius 3 is 2.55 bits per heavy atom. The van der Waals surface area contributed by atoms with Crippen molar-refractivity contribution < 1.29 is 0 Å². The van der Waals surface area contributed by atoms with Crippen molar-refractivity contribution in [3.05, 3.63) is 28.8 Å². The fraction of sp³-hybridized carbons (Fsp3) is 0.188. The first-order valence-electron chi connectivity index (χ1n) is 5.61. The molecule has 1 aliphatic heterocycles. The number of halogens is 2. The van der Waals surface area contributed by atoms with E-state index in [1.165, 1.54) is 11.3 Å². The molecule has 1 aliphatic rings. The standard InChI is InChI=1S/C8H8ClN.C8H3N.ClH/c9-7-2-1-6-3-4-10-8(6)5-7;1-2-3-4-5-6-7-8-9;/h1-2,5,10H,3-4H2;1H3;1H. The number of benzene rings is 1. The highest BCUT2D eigenvalue weighted by Gasteiger charge is 2.08. The van der Waals surface area contributed by atoms with Gasteiger partial charge >= 0.3 is 0 Å². The third-order valence-electron chi connectivity index (χ3n) is 2.21. The molecule has 0 aliphatic carbocycles. The van der Waals surface area contributed by atoms with Gasteiger partial charge in [0.15, 0.2) is 6.07 Å². The van der Waals surface area contributed by atoms with Crippen LogP contribution in [-0.2, 0) is 6.42 Å². The van der Waals surface area contributed by atoms with Gasteiger partial charge in [0.2, 0.25) is 0 Å². The first-order chi connectivity index (χ1) is 9.27. The average molecular weight is 303 g/mol. The van der Waals surface area contributed by atoms with E-state index < -0.39 is 0 Å². The number of nitrogens with one attached hydrogen (secondary N) is 1. The molecule has 1 aromatic rings. The molecule has 2 rings (SSSR count). The molecule has 1 heterocycles. The normalized spacial score (nSPS) is 8.85. The summed E-state index contributed by atoms with van der Waals surface area (Å²) in [5.74, 6) is 14.3. The highest BCUT2D eigenvalue weighted by Crippen LogP contribution is 2.24. The van der Waals surface area contributed by atoms with Crippen LogP contribution in [0, 0.1) is 46.9 Å². The van der Waals surface area contributed by atoms with E-state index in [-0.39, 0.29) is 12.4 Å². The molecule has 4 heteroatoms. The average Bonchev–Trinajstić information content (AvgIpc) is 2.87. The summed E-state index contributed by atoms with van der Waals surface area (Å²) in [6, 6.07) is 7.63. The number of nitriles is 1. The van der Waals surface area contributed by atoms with Gasteiger partial charge in [-0.25, -0.2) is 0 Å². The van der Waals surface area contributed by atoms with Crippen molar-refractivity contribution in [1.29, 1.82) is 5.26 Å². The molecular weight excluding hydrogens is 291 g/mol. The number of hydrogen-bond acceptors (Lipinski definition) is 2. The maximum atomic E-state index is 7.90. The number of fused-ring (bicyclic) bond motifs is 1. The Balaban J connectivity index is 0.000000347. The van der Waals surface area contributed by atoms with Crippen molar-refractivity contribution in [2.45, 2.75) is 13.3 Å². The Bertz CT molecular complexity index is 668. The van der Waals surface area contributed by atoms with Gasteiger partial charge in [0.05, 0.1) is 0 Å². The van der Waals surface area contributed by atoms with E-state index in [1.54, 1.807) is 13.0 Å². The fourth-order valence-electron chi connectivity index (χ4n) is 1.45. The Morgan fingerprint density at radius 1 is 1.15 bits per heavy atom. The predicted molar refractivity (Wildman–Crippen MR) is 85.5 cm³/mol.